The van der Waals surface area contributed by atoms with Crippen LogP contribution in [0.25, 0.3) is 11.0 Å². The molecule has 1 aromatic carbocycles. The van der Waals surface area contributed by atoms with E-state index in [9.17, 15) is 19.2 Å². The van der Waals surface area contributed by atoms with Crippen LogP contribution in [0.3, 0.4) is 0 Å². The Morgan fingerprint density at radius 1 is 1.17 bits per heavy atom. The Labute approximate surface area is 173 Å². The van der Waals surface area contributed by atoms with Crippen LogP contribution in [-0.4, -0.2) is 47.5 Å². The van der Waals surface area contributed by atoms with Gasteiger partial charge in [-0.1, -0.05) is 18.2 Å². The third-order valence-electron chi connectivity index (χ3n) is 4.74. The monoisotopic (exact) mass is 416 g/mol. The van der Waals surface area contributed by atoms with Crippen LogP contribution >= 0.6 is 0 Å². The molecule has 3 amide bonds. The van der Waals surface area contributed by atoms with Gasteiger partial charge in [0.05, 0.1) is 12.2 Å². The summed E-state index contributed by atoms with van der Waals surface area (Å²) in [6.45, 7) is 5.09. The van der Waals surface area contributed by atoms with Gasteiger partial charge in [-0.05, 0) is 33.3 Å². The Morgan fingerprint density at radius 2 is 1.90 bits per heavy atom. The fraction of sp³-hybridized carbons (Fsp3) is 0.429. The number of hydrogen-bond donors (Lipinski definition) is 1. The maximum absolute atomic E-state index is 12.2. The van der Waals surface area contributed by atoms with Crippen LogP contribution in [0.1, 0.15) is 49.7 Å². The second-order valence-corrected chi connectivity index (χ2v) is 7.40. The minimum absolute atomic E-state index is 0.00687. The van der Waals surface area contributed by atoms with Crippen LogP contribution < -0.4 is 5.32 Å². The number of nitrogens with one attached hydrogen (secondary N) is 1. The molecule has 2 heterocycles. The molecular weight excluding hydrogens is 392 g/mol. The molecule has 30 heavy (non-hydrogen) atoms. The van der Waals surface area contributed by atoms with Gasteiger partial charge in [0.1, 0.15) is 17.7 Å². The number of carbonyl (C=O) groups excluding carboxylic acids is 4. The predicted molar refractivity (Wildman–Crippen MR) is 106 cm³/mol. The molecule has 0 atom stereocenters. The van der Waals surface area contributed by atoms with Crippen LogP contribution in [-0.2, 0) is 25.7 Å². The fourth-order valence-electron chi connectivity index (χ4n) is 3.23. The first kappa shape index (κ1) is 21.4. The van der Waals surface area contributed by atoms with Crippen molar-refractivity contribution < 1.29 is 33.1 Å². The molecule has 0 unspecified atom stereocenters. The number of amides is 3. The number of fused-ring (bicyclic) bond motifs is 1. The molecule has 0 saturated carbocycles. The van der Waals surface area contributed by atoms with Crippen molar-refractivity contribution in [2.24, 2.45) is 0 Å². The van der Waals surface area contributed by atoms with Crippen molar-refractivity contribution >= 4 is 34.8 Å². The van der Waals surface area contributed by atoms with E-state index in [-0.39, 0.29) is 44.3 Å². The van der Waals surface area contributed by atoms with Crippen molar-refractivity contribution in [1.29, 1.82) is 0 Å². The zero-order valence-corrected chi connectivity index (χ0v) is 17.1. The van der Waals surface area contributed by atoms with Gasteiger partial charge in [0, 0.05) is 18.4 Å². The Morgan fingerprint density at radius 3 is 2.57 bits per heavy atom. The minimum Gasteiger partial charge on any atom is -0.461 e. The second kappa shape index (κ2) is 8.56. The van der Waals surface area contributed by atoms with Gasteiger partial charge in [0.15, 0.2) is 0 Å². The van der Waals surface area contributed by atoms with Crippen molar-refractivity contribution in [2.75, 3.05) is 13.2 Å². The van der Waals surface area contributed by atoms with Crippen LogP contribution in [0.4, 0.5) is 4.79 Å². The van der Waals surface area contributed by atoms with E-state index in [0.29, 0.717) is 16.5 Å². The van der Waals surface area contributed by atoms with E-state index in [1.165, 1.54) is 0 Å². The highest BCUT2D eigenvalue weighted by atomic mass is 16.5. The third kappa shape index (κ3) is 4.29. The lowest BCUT2D eigenvalue weighted by Gasteiger charge is -2.15. The predicted octanol–water partition coefficient (Wildman–Crippen LogP) is 2.76. The molecule has 1 aliphatic heterocycles. The van der Waals surface area contributed by atoms with Crippen LogP contribution in [0.2, 0.25) is 0 Å². The van der Waals surface area contributed by atoms with E-state index < -0.39 is 23.5 Å². The summed E-state index contributed by atoms with van der Waals surface area (Å²) in [5, 5.41) is 3.25. The zero-order chi connectivity index (χ0) is 21.9. The quantitative estimate of drug-likeness (QED) is 0.520. The van der Waals surface area contributed by atoms with E-state index >= 15 is 0 Å². The van der Waals surface area contributed by atoms with E-state index in [1.54, 1.807) is 45.0 Å². The third-order valence-corrected chi connectivity index (χ3v) is 4.74. The van der Waals surface area contributed by atoms with Gasteiger partial charge in [-0.15, -0.1) is 0 Å². The number of rotatable bonds is 8. The molecule has 160 valence electrons. The number of urea groups is 1. The van der Waals surface area contributed by atoms with Gasteiger partial charge in [0.25, 0.3) is 5.91 Å². The highest BCUT2D eigenvalue weighted by Crippen LogP contribution is 2.27. The van der Waals surface area contributed by atoms with Crippen molar-refractivity contribution in [2.45, 2.75) is 45.8 Å². The molecule has 1 fully saturated rings. The van der Waals surface area contributed by atoms with Crippen molar-refractivity contribution in [3.05, 3.63) is 35.6 Å². The maximum atomic E-state index is 12.2. The maximum Gasteiger partial charge on any atom is 0.374 e. The molecule has 1 N–H and O–H groups in total. The Balaban J connectivity index is 1.59. The molecule has 0 radical (unpaired) electrons. The smallest absolute Gasteiger partial charge is 0.374 e. The zero-order valence-electron chi connectivity index (χ0n) is 17.1. The van der Waals surface area contributed by atoms with E-state index in [2.05, 4.69) is 5.32 Å². The lowest BCUT2D eigenvalue weighted by molar-refractivity contribution is -0.145. The van der Waals surface area contributed by atoms with Gasteiger partial charge in [-0.2, -0.15) is 0 Å². The first-order valence-corrected chi connectivity index (χ1v) is 9.72. The lowest BCUT2D eigenvalue weighted by atomic mass is 10.1. The van der Waals surface area contributed by atoms with Gasteiger partial charge in [0.2, 0.25) is 5.76 Å². The standard InChI is InChI=1S/C21H24N2O7/c1-4-28-18(25)17-14(13-8-5-6-9-15(13)30-17)12-29-16(24)10-7-11-23-19(26)21(2,3)22-20(23)27/h5-6,8-9H,4,7,10-12H2,1-3H3,(H,22,27). The summed E-state index contributed by atoms with van der Waals surface area (Å²) in [6.07, 6.45) is 0.285. The molecule has 0 spiro atoms. The van der Waals surface area contributed by atoms with Gasteiger partial charge in [-0.3, -0.25) is 14.5 Å². The molecule has 9 heteroatoms. The highest BCUT2D eigenvalue weighted by Gasteiger charge is 2.43. The molecule has 3 rings (SSSR count). The number of imide groups is 1. The molecule has 1 aromatic heterocycles. The molecule has 0 bridgehead atoms. The summed E-state index contributed by atoms with van der Waals surface area (Å²) < 4.78 is 15.9. The fourth-order valence-corrected chi connectivity index (χ4v) is 3.23. The first-order chi connectivity index (χ1) is 14.2. The summed E-state index contributed by atoms with van der Waals surface area (Å²) in [4.78, 5) is 49.5. The molecular formula is C21H24N2O7. The van der Waals surface area contributed by atoms with Crippen molar-refractivity contribution in [3.63, 3.8) is 0 Å². The number of esters is 2. The number of nitrogens with zero attached hydrogens (tertiary/aromatic N) is 1. The first-order valence-electron chi connectivity index (χ1n) is 9.72. The van der Waals surface area contributed by atoms with Crippen molar-refractivity contribution in [3.8, 4) is 0 Å². The normalized spacial score (nSPS) is 15.4. The van der Waals surface area contributed by atoms with Gasteiger partial charge < -0.3 is 19.2 Å². The lowest BCUT2D eigenvalue weighted by Crippen LogP contribution is -2.40. The SMILES string of the molecule is CCOC(=O)c1oc2ccccc2c1COC(=O)CCCN1C(=O)NC(C)(C)C1=O. The van der Waals surface area contributed by atoms with E-state index in [0.717, 1.165) is 4.90 Å². The number of hydrogen-bond acceptors (Lipinski definition) is 7. The topological polar surface area (TPSA) is 115 Å². The minimum atomic E-state index is -0.941. The average Bonchev–Trinajstić information content (AvgIpc) is 3.16. The number of ether oxygens (including phenoxy) is 2. The van der Waals surface area contributed by atoms with Crippen LogP contribution in [0.15, 0.2) is 28.7 Å². The molecule has 1 aliphatic rings. The average molecular weight is 416 g/mol. The number of para-hydroxylation sites is 1. The molecule has 9 nitrogen and oxygen atoms in total. The van der Waals surface area contributed by atoms with Gasteiger partial charge >= 0.3 is 18.0 Å². The van der Waals surface area contributed by atoms with E-state index in [1.807, 2.05) is 0 Å². The summed E-state index contributed by atoms with van der Waals surface area (Å²) in [5.74, 6) is -1.46. The number of furan rings is 1. The Bertz CT molecular complexity index is 992. The second-order valence-electron chi connectivity index (χ2n) is 7.40. The van der Waals surface area contributed by atoms with Crippen molar-refractivity contribution in [1.82, 2.24) is 10.2 Å². The Hall–Kier alpha value is -3.36. The number of benzene rings is 1. The molecule has 2 aromatic rings. The summed E-state index contributed by atoms with van der Waals surface area (Å²) in [7, 11) is 0. The highest BCUT2D eigenvalue weighted by molar-refractivity contribution is 6.06. The summed E-state index contributed by atoms with van der Waals surface area (Å²) in [6, 6.07) is 6.57. The largest absolute Gasteiger partial charge is 0.461 e. The summed E-state index contributed by atoms with van der Waals surface area (Å²) in [5.41, 5.74) is -0.00954. The Kier molecular flexibility index (Phi) is 6.09. The van der Waals surface area contributed by atoms with E-state index in [4.69, 9.17) is 13.9 Å². The van der Waals surface area contributed by atoms with Crippen LogP contribution in [0.5, 0.6) is 0 Å². The molecule has 0 aliphatic carbocycles. The summed E-state index contributed by atoms with van der Waals surface area (Å²) >= 11 is 0. The van der Waals surface area contributed by atoms with Crippen LogP contribution in [0, 0.1) is 0 Å². The number of carbonyl (C=O) groups is 4. The molecule has 1 saturated heterocycles. The van der Waals surface area contributed by atoms with Gasteiger partial charge in [-0.25, -0.2) is 9.59 Å².